The molecule has 4 aromatic rings. The maximum atomic E-state index is 13.0. The van der Waals surface area contributed by atoms with E-state index in [0.717, 1.165) is 5.56 Å². The highest BCUT2D eigenvalue weighted by Gasteiger charge is 2.17. The zero-order valence-corrected chi connectivity index (χ0v) is 21.6. The van der Waals surface area contributed by atoms with Crippen LogP contribution in [0.4, 0.5) is 5.69 Å². The van der Waals surface area contributed by atoms with E-state index >= 15 is 0 Å². The topological polar surface area (TPSA) is 66.0 Å². The largest absolute Gasteiger partial charge is 0.497 e. The lowest BCUT2D eigenvalue weighted by Gasteiger charge is -2.16. The van der Waals surface area contributed by atoms with E-state index in [0.29, 0.717) is 57.7 Å². The lowest BCUT2D eigenvalue weighted by atomic mass is 10.1. The number of hydrogen-bond donors (Lipinski definition) is 1. The summed E-state index contributed by atoms with van der Waals surface area (Å²) >= 11 is 3.54. The highest BCUT2D eigenvalue weighted by Crippen LogP contribution is 2.38. The predicted molar refractivity (Wildman–Crippen MR) is 144 cm³/mol. The van der Waals surface area contributed by atoms with Gasteiger partial charge in [0.1, 0.15) is 23.9 Å². The van der Waals surface area contributed by atoms with Crippen molar-refractivity contribution in [2.24, 2.45) is 0 Å². The first kappa shape index (κ1) is 25.1. The molecule has 0 radical (unpaired) electrons. The van der Waals surface area contributed by atoms with E-state index in [1.54, 1.807) is 49.6 Å². The standard InChI is InChI=1S/C29H26BrNO5/c1-3-34-27-17-21(16-26(30)28(27)35-19-20-8-5-4-6-9-20)29(32)31-22-12-14-23(15-13-22)36-25-11-7-10-24(18-25)33-2/h4-18H,3,19H2,1-2H3,(H,31,32). The molecule has 36 heavy (non-hydrogen) atoms. The lowest BCUT2D eigenvalue weighted by molar-refractivity contribution is 0.102. The normalized spacial score (nSPS) is 10.4. The fraction of sp³-hybridized carbons (Fsp3) is 0.138. The van der Waals surface area contributed by atoms with Crippen LogP contribution in [-0.4, -0.2) is 19.6 Å². The van der Waals surface area contributed by atoms with Crippen LogP contribution in [0.1, 0.15) is 22.8 Å². The Morgan fingerprint density at radius 2 is 1.58 bits per heavy atom. The second-order valence-corrected chi connectivity index (χ2v) is 8.61. The molecule has 0 aromatic heterocycles. The van der Waals surface area contributed by atoms with Crippen molar-refractivity contribution in [3.05, 3.63) is 107 Å². The summed E-state index contributed by atoms with van der Waals surface area (Å²) in [5.74, 6) is 2.79. The fourth-order valence-electron chi connectivity index (χ4n) is 3.44. The summed E-state index contributed by atoms with van der Waals surface area (Å²) < 4.78 is 23.5. The Balaban J connectivity index is 1.44. The summed E-state index contributed by atoms with van der Waals surface area (Å²) in [6.07, 6.45) is 0. The van der Waals surface area contributed by atoms with E-state index in [-0.39, 0.29) is 5.91 Å². The van der Waals surface area contributed by atoms with Crippen LogP contribution in [0, 0.1) is 0 Å². The Hall–Kier alpha value is -3.97. The van der Waals surface area contributed by atoms with Gasteiger partial charge in [-0.2, -0.15) is 0 Å². The molecule has 0 spiro atoms. The zero-order chi connectivity index (χ0) is 25.3. The van der Waals surface area contributed by atoms with E-state index in [2.05, 4.69) is 21.2 Å². The smallest absolute Gasteiger partial charge is 0.255 e. The van der Waals surface area contributed by atoms with Crippen molar-refractivity contribution in [1.82, 2.24) is 0 Å². The summed E-state index contributed by atoms with van der Waals surface area (Å²) in [5.41, 5.74) is 2.11. The van der Waals surface area contributed by atoms with Gasteiger partial charge in [0.15, 0.2) is 11.5 Å². The molecule has 0 aliphatic heterocycles. The van der Waals surface area contributed by atoms with Gasteiger partial charge < -0.3 is 24.3 Å². The molecule has 0 unspecified atom stereocenters. The summed E-state index contributed by atoms with van der Waals surface area (Å²) in [6, 6.07) is 27.8. The second-order valence-electron chi connectivity index (χ2n) is 7.75. The first-order chi connectivity index (χ1) is 17.6. The Kier molecular flexibility index (Phi) is 8.47. The van der Waals surface area contributed by atoms with E-state index in [4.69, 9.17) is 18.9 Å². The van der Waals surface area contributed by atoms with Crippen molar-refractivity contribution in [3.63, 3.8) is 0 Å². The van der Waals surface area contributed by atoms with E-state index in [9.17, 15) is 4.79 Å². The maximum Gasteiger partial charge on any atom is 0.255 e. The first-order valence-electron chi connectivity index (χ1n) is 11.4. The van der Waals surface area contributed by atoms with Crippen LogP contribution >= 0.6 is 15.9 Å². The molecule has 0 saturated carbocycles. The van der Waals surface area contributed by atoms with Gasteiger partial charge in [-0.1, -0.05) is 36.4 Å². The summed E-state index contributed by atoms with van der Waals surface area (Å²) in [4.78, 5) is 13.0. The maximum absolute atomic E-state index is 13.0. The monoisotopic (exact) mass is 547 g/mol. The minimum absolute atomic E-state index is 0.271. The number of halogens is 1. The molecule has 1 N–H and O–H groups in total. The van der Waals surface area contributed by atoms with Crippen LogP contribution in [0.2, 0.25) is 0 Å². The lowest BCUT2D eigenvalue weighted by Crippen LogP contribution is -2.12. The Morgan fingerprint density at radius 1 is 0.833 bits per heavy atom. The molecule has 0 aliphatic rings. The molecule has 184 valence electrons. The molecule has 0 atom stereocenters. The predicted octanol–water partition coefficient (Wildman–Crippen LogP) is 7.48. The zero-order valence-electron chi connectivity index (χ0n) is 20.0. The highest BCUT2D eigenvalue weighted by molar-refractivity contribution is 9.10. The molecular formula is C29H26BrNO5. The number of anilines is 1. The van der Waals surface area contributed by atoms with Gasteiger partial charge in [-0.3, -0.25) is 4.79 Å². The minimum Gasteiger partial charge on any atom is -0.497 e. The number of ether oxygens (including phenoxy) is 4. The number of benzene rings is 4. The summed E-state index contributed by atoms with van der Waals surface area (Å²) in [7, 11) is 1.61. The van der Waals surface area contributed by atoms with Gasteiger partial charge in [-0.15, -0.1) is 0 Å². The number of amides is 1. The van der Waals surface area contributed by atoms with Crippen LogP contribution < -0.4 is 24.3 Å². The molecule has 0 bridgehead atoms. The third-order valence-electron chi connectivity index (χ3n) is 5.19. The second kappa shape index (κ2) is 12.1. The average Bonchev–Trinajstić information content (AvgIpc) is 2.90. The highest BCUT2D eigenvalue weighted by atomic mass is 79.9. The van der Waals surface area contributed by atoms with Gasteiger partial charge in [0.2, 0.25) is 0 Å². The minimum atomic E-state index is -0.271. The average molecular weight is 548 g/mol. The molecule has 6 nitrogen and oxygen atoms in total. The summed E-state index contributed by atoms with van der Waals surface area (Å²) in [6.45, 7) is 2.71. The van der Waals surface area contributed by atoms with Gasteiger partial charge in [-0.25, -0.2) is 0 Å². The molecule has 0 fully saturated rings. The van der Waals surface area contributed by atoms with Crippen LogP contribution in [0.15, 0.2) is 95.5 Å². The number of carbonyl (C=O) groups is 1. The number of rotatable bonds is 10. The number of nitrogens with one attached hydrogen (secondary N) is 1. The van der Waals surface area contributed by atoms with Crippen molar-refractivity contribution >= 4 is 27.5 Å². The Morgan fingerprint density at radius 3 is 2.31 bits per heavy atom. The van der Waals surface area contributed by atoms with Gasteiger partial charge in [0, 0.05) is 17.3 Å². The van der Waals surface area contributed by atoms with Gasteiger partial charge >= 0.3 is 0 Å². The van der Waals surface area contributed by atoms with Crippen molar-refractivity contribution in [2.45, 2.75) is 13.5 Å². The SMILES string of the molecule is CCOc1cc(C(=O)Nc2ccc(Oc3cccc(OC)c3)cc2)cc(Br)c1OCc1ccccc1. The van der Waals surface area contributed by atoms with Gasteiger partial charge in [0.25, 0.3) is 5.91 Å². The van der Waals surface area contributed by atoms with Gasteiger partial charge in [-0.05, 0) is 76.9 Å². The van der Waals surface area contributed by atoms with E-state index in [1.165, 1.54) is 0 Å². The molecular weight excluding hydrogens is 522 g/mol. The van der Waals surface area contributed by atoms with Crippen molar-refractivity contribution in [3.8, 4) is 28.7 Å². The summed E-state index contributed by atoms with van der Waals surface area (Å²) in [5, 5.41) is 2.91. The van der Waals surface area contributed by atoms with E-state index in [1.807, 2.05) is 55.5 Å². The molecule has 0 saturated heterocycles. The number of hydrogen-bond acceptors (Lipinski definition) is 5. The quantitative estimate of drug-likeness (QED) is 0.223. The molecule has 4 aromatic carbocycles. The van der Waals surface area contributed by atoms with Crippen molar-refractivity contribution in [2.75, 3.05) is 19.0 Å². The third kappa shape index (κ3) is 6.58. The van der Waals surface area contributed by atoms with Crippen LogP contribution in [0.25, 0.3) is 0 Å². The molecule has 4 rings (SSSR count). The number of methoxy groups -OCH3 is 1. The molecule has 0 heterocycles. The molecule has 7 heteroatoms. The van der Waals surface area contributed by atoms with Crippen molar-refractivity contribution < 1.29 is 23.7 Å². The fourth-order valence-corrected chi connectivity index (χ4v) is 4.00. The molecule has 0 aliphatic carbocycles. The van der Waals surface area contributed by atoms with Crippen LogP contribution in [0.3, 0.4) is 0 Å². The van der Waals surface area contributed by atoms with Crippen LogP contribution in [0.5, 0.6) is 28.7 Å². The van der Waals surface area contributed by atoms with Crippen LogP contribution in [-0.2, 0) is 6.61 Å². The van der Waals surface area contributed by atoms with E-state index < -0.39 is 0 Å². The first-order valence-corrected chi connectivity index (χ1v) is 12.2. The molecule has 1 amide bonds. The number of carbonyl (C=O) groups excluding carboxylic acids is 1. The Labute approximate surface area is 218 Å². The third-order valence-corrected chi connectivity index (χ3v) is 5.78. The van der Waals surface area contributed by atoms with Gasteiger partial charge in [0.05, 0.1) is 18.2 Å². The Bertz CT molecular complexity index is 1310. The van der Waals surface area contributed by atoms with Crippen molar-refractivity contribution in [1.29, 1.82) is 0 Å².